The fraction of sp³-hybridized carbons (Fsp3) is 0.320. The van der Waals surface area contributed by atoms with E-state index in [-0.39, 0.29) is 24.0 Å². The number of hydrogen-bond donors (Lipinski definition) is 1. The summed E-state index contributed by atoms with van der Waals surface area (Å²) in [6.07, 6.45) is 7.88. The highest BCUT2D eigenvalue weighted by Crippen LogP contribution is 2.33. The first-order valence-corrected chi connectivity index (χ1v) is 12.2. The predicted molar refractivity (Wildman–Crippen MR) is 129 cm³/mol. The van der Waals surface area contributed by atoms with Gasteiger partial charge in [-0.1, -0.05) is 31.4 Å². The Morgan fingerprint density at radius 1 is 1.03 bits per heavy atom. The molecule has 2 aliphatic rings. The van der Waals surface area contributed by atoms with Gasteiger partial charge >= 0.3 is 0 Å². The Morgan fingerprint density at radius 3 is 2.64 bits per heavy atom. The van der Waals surface area contributed by atoms with E-state index in [0.29, 0.717) is 16.2 Å². The molecule has 3 aromatic rings. The van der Waals surface area contributed by atoms with Gasteiger partial charge in [0.1, 0.15) is 17.3 Å². The molecular formula is C25H25FN4O2S. The Labute approximate surface area is 195 Å². The van der Waals surface area contributed by atoms with Crippen molar-refractivity contribution in [2.75, 3.05) is 11.9 Å². The van der Waals surface area contributed by atoms with Gasteiger partial charge in [-0.25, -0.2) is 14.1 Å². The van der Waals surface area contributed by atoms with Crippen LogP contribution in [0.4, 0.5) is 15.8 Å². The van der Waals surface area contributed by atoms with Gasteiger partial charge in [-0.2, -0.15) is 5.10 Å². The van der Waals surface area contributed by atoms with Crippen molar-refractivity contribution in [3.63, 3.8) is 0 Å². The van der Waals surface area contributed by atoms with Crippen molar-refractivity contribution < 1.29 is 13.9 Å². The zero-order valence-corrected chi connectivity index (χ0v) is 19.0. The van der Waals surface area contributed by atoms with E-state index in [2.05, 4.69) is 10.3 Å². The van der Waals surface area contributed by atoms with Crippen LogP contribution in [0.15, 0.2) is 57.9 Å². The number of benzene rings is 2. The van der Waals surface area contributed by atoms with Crippen LogP contribution in [-0.4, -0.2) is 22.9 Å². The molecule has 0 bridgehead atoms. The van der Waals surface area contributed by atoms with Gasteiger partial charge in [-0.05, 0) is 56.0 Å². The number of halogens is 1. The Kier molecular flexibility index (Phi) is 6.35. The Balaban J connectivity index is 1.63. The zero-order valence-electron chi connectivity index (χ0n) is 18.2. The fourth-order valence-electron chi connectivity index (χ4n) is 4.11. The number of nitrogens with one attached hydrogen (secondary N) is 1. The van der Waals surface area contributed by atoms with Crippen molar-refractivity contribution in [3.8, 4) is 17.0 Å². The molecule has 1 N–H and O–H groups in total. The van der Waals surface area contributed by atoms with Crippen molar-refractivity contribution in [1.82, 2.24) is 4.68 Å². The molecule has 1 aliphatic heterocycles. The summed E-state index contributed by atoms with van der Waals surface area (Å²) >= 11 is 1.41. The third-order valence-electron chi connectivity index (χ3n) is 5.83. The Hall–Kier alpha value is -3.26. The topological polar surface area (TPSA) is 68.0 Å². The van der Waals surface area contributed by atoms with Gasteiger partial charge in [-0.3, -0.25) is 4.79 Å². The predicted octanol–water partition coefficient (Wildman–Crippen LogP) is 5.87. The van der Waals surface area contributed by atoms with E-state index in [9.17, 15) is 9.18 Å². The number of fused-ring (bicyclic) bond motifs is 1. The van der Waals surface area contributed by atoms with Gasteiger partial charge in [0.25, 0.3) is 5.91 Å². The van der Waals surface area contributed by atoms with E-state index in [0.717, 1.165) is 42.7 Å². The van der Waals surface area contributed by atoms with E-state index in [4.69, 9.17) is 9.84 Å². The number of ether oxygens (including phenoxy) is 1. The quantitative estimate of drug-likeness (QED) is 0.527. The molecule has 6 nitrogen and oxygen atoms in total. The SMILES string of the molecule is O=C1COc2ccc(-c3csc(=Nc4ccccc4F)n3N=C3CCCCCCC3)cc2N1. The van der Waals surface area contributed by atoms with E-state index in [1.807, 2.05) is 28.3 Å². The summed E-state index contributed by atoms with van der Waals surface area (Å²) in [6.45, 7) is 0.0180. The van der Waals surface area contributed by atoms with E-state index in [1.54, 1.807) is 18.2 Å². The second-order valence-electron chi connectivity index (χ2n) is 8.26. The number of hydrogen-bond acceptors (Lipinski definition) is 5. The first-order chi connectivity index (χ1) is 16.2. The minimum atomic E-state index is -0.369. The first-order valence-electron chi connectivity index (χ1n) is 11.3. The third kappa shape index (κ3) is 4.90. The molecule has 0 atom stereocenters. The number of anilines is 1. The van der Waals surface area contributed by atoms with Crippen molar-refractivity contribution in [3.05, 3.63) is 58.5 Å². The van der Waals surface area contributed by atoms with Crippen molar-refractivity contribution >= 4 is 34.3 Å². The van der Waals surface area contributed by atoms with Crippen LogP contribution in [0.3, 0.4) is 0 Å². The molecule has 0 saturated heterocycles. The summed E-state index contributed by atoms with van der Waals surface area (Å²) in [5, 5.41) is 9.85. The summed E-state index contributed by atoms with van der Waals surface area (Å²) in [4.78, 5) is 17.0. The van der Waals surface area contributed by atoms with Crippen LogP contribution in [-0.2, 0) is 4.79 Å². The summed E-state index contributed by atoms with van der Waals surface area (Å²) in [5.74, 6) is 0.0943. The van der Waals surface area contributed by atoms with Gasteiger partial charge in [0, 0.05) is 16.7 Å². The van der Waals surface area contributed by atoms with Crippen LogP contribution in [0.1, 0.15) is 44.9 Å². The van der Waals surface area contributed by atoms with Crippen LogP contribution in [0.5, 0.6) is 5.75 Å². The summed E-state index contributed by atoms with van der Waals surface area (Å²) in [6, 6.07) is 12.2. The lowest BCUT2D eigenvalue weighted by molar-refractivity contribution is -0.118. The van der Waals surface area contributed by atoms with Crippen LogP contribution in [0.25, 0.3) is 11.3 Å². The summed E-state index contributed by atoms with van der Waals surface area (Å²) in [7, 11) is 0. The van der Waals surface area contributed by atoms with Crippen LogP contribution < -0.4 is 14.9 Å². The molecule has 1 aromatic heterocycles. The second-order valence-corrected chi connectivity index (χ2v) is 9.10. The van der Waals surface area contributed by atoms with Gasteiger partial charge in [0.05, 0.1) is 11.4 Å². The number of amides is 1. The average molecular weight is 465 g/mol. The zero-order chi connectivity index (χ0) is 22.6. The molecule has 2 aromatic carbocycles. The lowest BCUT2D eigenvalue weighted by Gasteiger charge is -2.18. The van der Waals surface area contributed by atoms with Crippen molar-refractivity contribution in [1.29, 1.82) is 0 Å². The molecule has 170 valence electrons. The molecule has 0 unspecified atom stereocenters. The summed E-state index contributed by atoms with van der Waals surface area (Å²) < 4.78 is 21.6. The molecule has 0 spiro atoms. The highest BCUT2D eigenvalue weighted by molar-refractivity contribution is 7.07. The minimum absolute atomic E-state index is 0.0180. The highest BCUT2D eigenvalue weighted by atomic mass is 32.1. The first kappa shape index (κ1) is 21.6. The second kappa shape index (κ2) is 9.70. The lowest BCUT2D eigenvalue weighted by atomic mass is 9.99. The van der Waals surface area contributed by atoms with Gasteiger partial charge in [0.15, 0.2) is 6.61 Å². The average Bonchev–Trinajstić information content (AvgIpc) is 3.18. The van der Waals surface area contributed by atoms with Crippen LogP contribution >= 0.6 is 11.3 Å². The number of aromatic nitrogens is 1. The number of rotatable bonds is 3. The molecule has 1 saturated carbocycles. The number of nitrogens with zero attached hydrogens (tertiary/aromatic N) is 3. The molecular weight excluding hydrogens is 439 g/mol. The maximum atomic E-state index is 14.3. The molecule has 5 rings (SSSR count). The number of thiazole rings is 1. The number of carbonyl (C=O) groups excluding carboxylic acids is 1. The van der Waals surface area contributed by atoms with Crippen molar-refractivity contribution in [2.45, 2.75) is 44.9 Å². The lowest BCUT2D eigenvalue weighted by Crippen LogP contribution is -2.25. The van der Waals surface area contributed by atoms with E-state index < -0.39 is 0 Å². The Morgan fingerprint density at radius 2 is 1.82 bits per heavy atom. The molecule has 8 heteroatoms. The Bertz CT molecular complexity index is 1270. The molecule has 1 amide bonds. The largest absolute Gasteiger partial charge is 0.482 e. The van der Waals surface area contributed by atoms with Crippen LogP contribution in [0, 0.1) is 5.82 Å². The van der Waals surface area contributed by atoms with E-state index in [1.165, 1.54) is 36.7 Å². The summed E-state index contributed by atoms with van der Waals surface area (Å²) in [5.41, 5.74) is 3.77. The molecule has 0 radical (unpaired) electrons. The molecule has 1 aliphatic carbocycles. The van der Waals surface area contributed by atoms with Gasteiger partial charge in [0.2, 0.25) is 4.80 Å². The maximum Gasteiger partial charge on any atom is 0.262 e. The molecule has 1 fully saturated rings. The molecule has 2 heterocycles. The molecule has 33 heavy (non-hydrogen) atoms. The van der Waals surface area contributed by atoms with Crippen LogP contribution in [0.2, 0.25) is 0 Å². The third-order valence-corrected chi connectivity index (χ3v) is 6.65. The monoisotopic (exact) mass is 464 g/mol. The standard InChI is InChI=1S/C25H25FN4O2S/c26-19-10-6-7-11-20(19)28-25-30(29-18-8-4-2-1-3-5-9-18)22(16-33-25)17-12-13-23-21(14-17)27-24(31)15-32-23/h6-7,10-14,16H,1-5,8-9,15H2,(H,27,31). The smallest absolute Gasteiger partial charge is 0.262 e. The van der Waals surface area contributed by atoms with E-state index >= 15 is 0 Å². The number of carbonyl (C=O) groups is 1. The minimum Gasteiger partial charge on any atom is -0.482 e. The van der Waals surface area contributed by atoms with Gasteiger partial charge < -0.3 is 10.1 Å². The fourth-order valence-corrected chi connectivity index (χ4v) is 4.96. The normalized spacial score (nSPS) is 16.9. The maximum absolute atomic E-state index is 14.3. The highest BCUT2D eigenvalue weighted by Gasteiger charge is 2.18. The van der Waals surface area contributed by atoms with Crippen molar-refractivity contribution in [2.24, 2.45) is 10.1 Å². The van der Waals surface area contributed by atoms with Gasteiger partial charge in [-0.15, -0.1) is 11.3 Å². The number of para-hydroxylation sites is 1.